The van der Waals surface area contributed by atoms with Crippen LogP contribution in [0.25, 0.3) is 0 Å². The highest BCUT2D eigenvalue weighted by Gasteiger charge is 2.36. The van der Waals surface area contributed by atoms with Gasteiger partial charge in [0.1, 0.15) is 0 Å². The van der Waals surface area contributed by atoms with Crippen molar-refractivity contribution in [3.05, 3.63) is 34.4 Å². The first-order valence-corrected chi connectivity index (χ1v) is 6.69. The van der Waals surface area contributed by atoms with Crippen LogP contribution < -0.4 is 0 Å². The van der Waals surface area contributed by atoms with Crippen molar-refractivity contribution < 1.29 is 9.59 Å². The standard InChI is InChI=1S/C16H18O2/c1-16(2)7-3-4-10-8-11-12(9-13(10)16)15(18)6-5-14(11)17/h5-6H,3-4,7-9H2,1-2H3. The van der Waals surface area contributed by atoms with Crippen LogP contribution in [0.15, 0.2) is 34.4 Å². The average Bonchev–Trinajstić information content (AvgIpc) is 2.33. The van der Waals surface area contributed by atoms with E-state index in [1.165, 1.54) is 36.1 Å². The summed E-state index contributed by atoms with van der Waals surface area (Å²) in [7, 11) is 0. The van der Waals surface area contributed by atoms with Crippen molar-refractivity contribution in [1.29, 1.82) is 0 Å². The van der Waals surface area contributed by atoms with Crippen LogP contribution in [0.3, 0.4) is 0 Å². The molecule has 0 saturated heterocycles. The largest absolute Gasteiger partial charge is 0.290 e. The van der Waals surface area contributed by atoms with Gasteiger partial charge in [-0.25, -0.2) is 0 Å². The van der Waals surface area contributed by atoms with Gasteiger partial charge in [-0.3, -0.25) is 9.59 Å². The summed E-state index contributed by atoms with van der Waals surface area (Å²) >= 11 is 0. The predicted molar refractivity (Wildman–Crippen MR) is 70.1 cm³/mol. The number of carbonyl (C=O) groups is 2. The second kappa shape index (κ2) is 3.78. The Bertz CT molecular complexity index is 541. The highest BCUT2D eigenvalue weighted by molar-refractivity contribution is 6.20. The molecule has 18 heavy (non-hydrogen) atoms. The first kappa shape index (κ1) is 11.6. The van der Waals surface area contributed by atoms with E-state index in [2.05, 4.69) is 13.8 Å². The Morgan fingerprint density at radius 2 is 1.61 bits per heavy atom. The molecule has 0 amide bonds. The van der Waals surface area contributed by atoms with E-state index in [4.69, 9.17) is 0 Å². The van der Waals surface area contributed by atoms with E-state index < -0.39 is 0 Å². The summed E-state index contributed by atoms with van der Waals surface area (Å²) in [6.45, 7) is 4.52. The Balaban J connectivity index is 2.02. The zero-order valence-corrected chi connectivity index (χ0v) is 11.0. The minimum absolute atomic E-state index is 0.0394. The number of rotatable bonds is 0. The van der Waals surface area contributed by atoms with Crippen molar-refractivity contribution in [2.75, 3.05) is 0 Å². The van der Waals surface area contributed by atoms with E-state index in [0.717, 1.165) is 17.6 Å². The lowest BCUT2D eigenvalue weighted by atomic mass is 9.65. The van der Waals surface area contributed by atoms with Gasteiger partial charge in [0, 0.05) is 11.1 Å². The summed E-state index contributed by atoms with van der Waals surface area (Å²) in [6.07, 6.45) is 7.76. The minimum Gasteiger partial charge on any atom is -0.290 e. The van der Waals surface area contributed by atoms with Gasteiger partial charge in [-0.15, -0.1) is 0 Å². The molecule has 2 heteroatoms. The highest BCUT2D eigenvalue weighted by Crippen LogP contribution is 2.48. The van der Waals surface area contributed by atoms with E-state index in [1.807, 2.05) is 0 Å². The zero-order chi connectivity index (χ0) is 12.9. The molecule has 94 valence electrons. The van der Waals surface area contributed by atoms with E-state index in [1.54, 1.807) is 0 Å². The molecule has 0 aliphatic heterocycles. The van der Waals surface area contributed by atoms with Crippen molar-refractivity contribution in [3.63, 3.8) is 0 Å². The number of hydrogen-bond acceptors (Lipinski definition) is 2. The van der Waals surface area contributed by atoms with Crippen molar-refractivity contribution >= 4 is 11.6 Å². The lowest BCUT2D eigenvalue weighted by molar-refractivity contribution is -0.115. The molecule has 0 aromatic heterocycles. The van der Waals surface area contributed by atoms with Crippen molar-refractivity contribution in [2.45, 2.75) is 46.0 Å². The van der Waals surface area contributed by atoms with Crippen LogP contribution in [0.2, 0.25) is 0 Å². The fourth-order valence-electron chi connectivity index (χ4n) is 3.51. The van der Waals surface area contributed by atoms with Gasteiger partial charge in [0.05, 0.1) is 0 Å². The molecule has 0 fully saturated rings. The van der Waals surface area contributed by atoms with E-state index >= 15 is 0 Å². The summed E-state index contributed by atoms with van der Waals surface area (Å²) in [5.41, 5.74) is 4.55. The van der Waals surface area contributed by atoms with Gasteiger partial charge in [0.25, 0.3) is 0 Å². The maximum absolute atomic E-state index is 11.9. The molecule has 0 spiro atoms. The summed E-state index contributed by atoms with van der Waals surface area (Å²) < 4.78 is 0. The molecule has 0 bridgehead atoms. The second-order valence-corrected chi connectivity index (χ2v) is 6.19. The minimum atomic E-state index is 0.0394. The quantitative estimate of drug-likeness (QED) is 0.482. The molecule has 0 atom stereocenters. The normalized spacial score (nSPS) is 26.3. The molecule has 0 aromatic rings. The molecule has 0 radical (unpaired) electrons. The van der Waals surface area contributed by atoms with Crippen molar-refractivity contribution in [3.8, 4) is 0 Å². The highest BCUT2D eigenvalue weighted by atomic mass is 16.1. The zero-order valence-electron chi connectivity index (χ0n) is 11.0. The third kappa shape index (κ3) is 1.63. The second-order valence-electron chi connectivity index (χ2n) is 6.19. The molecule has 3 aliphatic rings. The van der Waals surface area contributed by atoms with Crippen LogP contribution in [-0.4, -0.2) is 11.6 Å². The van der Waals surface area contributed by atoms with Gasteiger partial charge in [-0.05, 0) is 49.7 Å². The Hall–Kier alpha value is -1.44. The predicted octanol–water partition coefficient (Wildman–Crippen LogP) is 3.29. The molecule has 0 unspecified atom stereocenters. The molecular weight excluding hydrogens is 224 g/mol. The Morgan fingerprint density at radius 1 is 1.00 bits per heavy atom. The third-order valence-corrected chi connectivity index (χ3v) is 4.61. The summed E-state index contributed by atoms with van der Waals surface area (Å²) in [6, 6.07) is 0. The maximum atomic E-state index is 11.9. The number of hydrogen-bond donors (Lipinski definition) is 0. The van der Waals surface area contributed by atoms with Crippen LogP contribution >= 0.6 is 0 Å². The summed E-state index contributed by atoms with van der Waals surface area (Å²) in [5, 5.41) is 0. The van der Waals surface area contributed by atoms with Gasteiger partial charge in [-0.2, -0.15) is 0 Å². The number of allylic oxidation sites excluding steroid dienone is 6. The summed E-state index contributed by atoms with van der Waals surface area (Å²) in [5.74, 6) is 0.0806. The molecule has 2 nitrogen and oxygen atoms in total. The molecular formula is C16H18O2. The van der Waals surface area contributed by atoms with Gasteiger partial charge >= 0.3 is 0 Å². The molecule has 0 aromatic carbocycles. The summed E-state index contributed by atoms with van der Waals surface area (Å²) in [4.78, 5) is 23.8. The fourth-order valence-corrected chi connectivity index (χ4v) is 3.51. The van der Waals surface area contributed by atoms with E-state index in [0.29, 0.717) is 12.8 Å². The first-order valence-electron chi connectivity index (χ1n) is 6.69. The van der Waals surface area contributed by atoms with Gasteiger partial charge < -0.3 is 0 Å². The Labute approximate surface area is 107 Å². The Morgan fingerprint density at radius 3 is 2.28 bits per heavy atom. The van der Waals surface area contributed by atoms with Crippen LogP contribution in [0.4, 0.5) is 0 Å². The molecule has 3 rings (SSSR count). The van der Waals surface area contributed by atoms with Gasteiger partial charge in [0.15, 0.2) is 11.6 Å². The molecule has 0 saturated carbocycles. The van der Waals surface area contributed by atoms with Crippen LogP contribution in [0.1, 0.15) is 46.0 Å². The van der Waals surface area contributed by atoms with Gasteiger partial charge in [0.2, 0.25) is 0 Å². The van der Waals surface area contributed by atoms with Crippen LogP contribution in [0.5, 0.6) is 0 Å². The molecule has 3 aliphatic carbocycles. The van der Waals surface area contributed by atoms with Crippen LogP contribution in [0, 0.1) is 5.41 Å². The van der Waals surface area contributed by atoms with E-state index in [9.17, 15) is 9.59 Å². The monoisotopic (exact) mass is 242 g/mol. The number of ketones is 2. The smallest absolute Gasteiger partial charge is 0.182 e. The van der Waals surface area contributed by atoms with Gasteiger partial charge in [-0.1, -0.05) is 25.0 Å². The number of carbonyl (C=O) groups excluding carboxylic acids is 2. The topological polar surface area (TPSA) is 34.1 Å². The molecule has 0 heterocycles. The van der Waals surface area contributed by atoms with E-state index in [-0.39, 0.29) is 17.0 Å². The van der Waals surface area contributed by atoms with Crippen LogP contribution in [-0.2, 0) is 9.59 Å². The third-order valence-electron chi connectivity index (χ3n) is 4.61. The molecule has 0 N–H and O–H groups in total. The SMILES string of the molecule is CC1(C)CCCC2=C1CC1=C(C2)C(=O)C=CC1=O. The average molecular weight is 242 g/mol. The fraction of sp³-hybridized carbons (Fsp3) is 0.500. The van der Waals surface area contributed by atoms with Crippen molar-refractivity contribution in [1.82, 2.24) is 0 Å². The van der Waals surface area contributed by atoms with Crippen molar-refractivity contribution in [2.24, 2.45) is 5.41 Å². The first-order chi connectivity index (χ1) is 8.49. The Kier molecular flexibility index (Phi) is 2.44. The lowest BCUT2D eigenvalue weighted by Gasteiger charge is -2.39. The lowest BCUT2D eigenvalue weighted by Crippen LogP contribution is -2.28. The maximum Gasteiger partial charge on any atom is 0.182 e.